The molecular formula is C23H33N3O4S. The van der Waals surface area contributed by atoms with Crippen LogP contribution in [0.3, 0.4) is 0 Å². The lowest BCUT2D eigenvalue weighted by molar-refractivity contribution is -0.136. The molecule has 170 valence electrons. The molecule has 7 nitrogen and oxygen atoms in total. The van der Waals surface area contributed by atoms with Crippen molar-refractivity contribution in [2.45, 2.75) is 56.3 Å². The molecule has 3 heterocycles. The third kappa shape index (κ3) is 4.95. The molecule has 1 aromatic carbocycles. The summed E-state index contributed by atoms with van der Waals surface area (Å²) in [6, 6.07) is 6.40. The molecule has 3 fully saturated rings. The highest BCUT2D eigenvalue weighted by Gasteiger charge is 2.32. The lowest BCUT2D eigenvalue weighted by Gasteiger charge is -2.34. The van der Waals surface area contributed by atoms with E-state index in [1.165, 1.54) is 23.2 Å². The van der Waals surface area contributed by atoms with Crippen molar-refractivity contribution in [3.8, 4) is 0 Å². The monoisotopic (exact) mass is 447 g/mol. The van der Waals surface area contributed by atoms with Crippen molar-refractivity contribution in [1.29, 1.82) is 0 Å². The zero-order chi connectivity index (χ0) is 21.8. The van der Waals surface area contributed by atoms with Crippen LogP contribution in [0.15, 0.2) is 29.2 Å². The number of amides is 2. The second-order valence-corrected chi connectivity index (χ2v) is 10.9. The molecular weight excluding hydrogens is 414 g/mol. The van der Waals surface area contributed by atoms with Crippen LogP contribution in [0.4, 0.5) is 0 Å². The Morgan fingerprint density at radius 2 is 1.39 bits per heavy atom. The van der Waals surface area contributed by atoms with E-state index in [9.17, 15) is 18.0 Å². The van der Waals surface area contributed by atoms with Crippen LogP contribution in [0.25, 0.3) is 0 Å². The molecule has 31 heavy (non-hydrogen) atoms. The van der Waals surface area contributed by atoms with Crippen molar-refractivity contribution in [3.63, 3.8) is 0 Å². The summed E-state index contributed by atoms with van der Waals surface area (Å²) in [6.07, 6.45) is 7.66. The Morgan fingerprint density at radius 3 is 2.03 bits per heavy atom. The molecule has 0 N–H and O–H groups in total. The van der Waals surface area contributed by atoms with E-state index in [1.807, 2.05) is 4.90 Å². The van der Waals surface area contributed by atoms with Crippen LogP contribution in [0.5, 0.6) is 0 Å². The van der Waals surface area contributed by atoms with Crippen LogP contribution in [-0.4, -0.2) is 73.6 Å². The topological polar surface area (TPSA) is 78.0 Å². The Morgan fingerprint density at radius 1 is 0.774 bits per heavy atom. The van der Waals surface area contributed by atoms with Gasteiger partial charge in [0.2, 0.25) is 15.9 Å². The quantitative estimate of drug-likeness (QED) is 0.711. The molecule has 2 amide bonds. The van der Waals surface area contributed by atoms with Crippen molar-refractivity contribution in [2.75, 3.05) is 39.3 Å². The first-order valence-corrected chi connectivity index (χ1v) is 13.1. The number of likely N-dealkylation sites (tertiary alicyclic amines) is 2. The van der Waals surface area contributed by atoms with Gasteiger partial charge in [0.1, 0.15) is 0 Å². The number of sulfonamides is 1. The molecule has 3 saturated heterocycles. The highest BCUT2D eigenvalue weighted by atomic mass is 32.2. The summed E-state index contributed by atoms with van der Waals surface area (Å²) in [5, 5.41) is 0. The minimum atomic E-state index is -3.55. The maximum absolute atomic E-state index is 13.0. The first-order valence-electron chi connectivity index (χ1n) is 11.6. The van der Waals surface area contributed by atoms with Crippen LogP contribution in [-0.2, 0) is 14.8 Å². The maximum atomic E-state index is 13.0. The Labute approximate surface area is 185 Å². The fourth-order valence-corrected chi connectivity index (χ4v) is 6.49. The van der Waals surface area contributed by atoms with Crippen LogP contribution in [0.1, 0.15) is 61.7 Å². The van der Waals surface area contributed by atoms with E-state index in [4.69, 9.17) is 0 Å². The van der Waals surface area contributed by atoms with Gasteiger partial charge in [0.15, 0.2) is 0 Å². The number of benzene rings is 1. The van der Waals surface area contributed by atoms with Crippen molar-refractivity contribution >= 4 is 21.8 Å². The number of piperidine rings is 1. The second kappa shape index (κ2) is 9.69. The predicted molar refractivity (Wildman–Crippen MR) is 118 cm³/mol. The molecule has 8 heteroatoms. The van der Waals surface area contributed by atoms with E-state index in [1.54, 1.807) is 23.1 Å². The molecule has 1 aromatic rings. The van der Waals surface area contributed by atoms with Gasteiger partial charge in [-0.05, 0) is 56.7 Å². The molecule has 0 aliphatic carbocycles. The summed E-state index contributed by atoms with van der Waals surface area (Å²) in [6.45, 7) is 3.86. The average Bonchev–Trinajstić information content (AvgIpc) is 3.22. The number of hydrogen-bond donors (Lipinski definition) is 0. The molecule has 3 aliphatic rings. The smallest absolute Gasteiger partial charge is 0.253 e. The van der Waals surface area contributed by atoms with Gasteiger partial charge in [-0.1, -0.05) is 18.9 Å². The molecule has 0 bridgehead atoms. The average molecular weight is 448 g/mol. The van der Waals surface area contributed by atoms with E-state index < -0.39 is 10.0 Å². The number of rotatable bonds is 4. The van der Waals surface area contributed by atoms with Gasteiger partial charge in [-0.25, -0.2) is 8.42 Å². The van der Waals surface area contributed by atoms with Crippen molar-refractivity contribution in [3.05, 3.63) is 29.8 Å². The Bertz CT molecular complexity index is 895. The zero-order valence-electron chi connectivity index (χ0n) is 18.2. The van der Waals surface area contributed by atoms with Crippen LogP contribution >= 0.6 is 0 Å². The van der Waals surface area contributed by atoms with Gasteiger partial charge in [-0.3, -0.25) is 9.59 Å². The van der Waals surface area contributed by atoms with Gasteiger partial charge < -0.3 is 9.80 Å². The van der Waals surface area contributed by atoms with Crippen molar-refractivity contribution < 1.29 is 18.0 Å². The van der Waals surface area contributed by atoms with Gasteiger partial charge in [-0.15, -0.1) is 0 Å². The number of carbonyl (C=O) groups excluding carboxylic acids is 2. The summed E-state index contributed by atoms with van der Waals surface area (Å²) in [7, 11) is -3.55. The Hall–Kier alpha value is -1.93. The lowest BCUT2D eigenvalue weighted by atomic mass is 9.94. The predicted octanol–water partition coefficient (Wildman–Crippen LogP) is 2.73. The number of nitrogens with zero attached hydrogens (tertiary/aromatic N) is 3. The maximum Gasteiger partial charge on any atom is 0.253 e. The largest absolute Gasteiger partial charge is 0.342 e. The summed E-state index contributed by atoms with van der Waals surface area (Å²) in [5.41, 5.74) is 0.401. The fourth-order valence-electron chi connectivity index (χ4n) is 4.93. The van der Waals surface area contributed by atoms with E-state index in [-0.39, 0.29) is 22.6 Å². The Balaban J connectivity index is 1.38. The lowest BCUT2D eigenvalue weighted by Crippen LogP contribution is -2.44. The van der Waals surface area contributed by atoms with Gasteiger partial charge in [0, 0.05) is 50.7 Å². The van der Waals surface area contributed by atoms with Gasteiger partial charge in [0.25, 0.3) is 5.91 Å². The summed E-state index contributed by atoms with van der Waals surface area (Å²) in [5.74, 6) is 0.0795. The third-order valence-corrected chi connectivity index (χ3v) is 8.73. The molecule has 0 spiro atoms. The Kier molecular flexibility index (Phi) is 6.96. The molecule has 0 unspecified atom stereocenters. The first kappa shape index (κ1) is 22.3. The normalized spacial score (nSPS) is 21.8. The minimum Gasteiger partial charge on any atom is -0.342 e. The van der Waals surface area contributed by atoms with E-state index in [0.717, 1.165) is 38.8 Å². The van der Waals surface area contributed by atoms with Gasteiger partial charge >= 0.3 is 0 Å². The second-order valence-electron chi connectivity index (χ2n) is 8.94. The fraction of sp³-hybridized carbons (Fsp3) is 0.652. The molecule has 0 aromatic heterocycles. The highest BCUT2D eigenvalue weighted by molar-refractivity contribution is 7.89. The number of hydrogen-bond acceptors (Lipinski definition) is 4. The van der Waals surface area contributed by atoms with Crippen LogP contribution in [0.2, 0.25) is 0 Å². The standard InChI is InChI=1S/C23H33N3O4S/c27-22(24-12-3-1-2-4-13-24)19-10-16-25(17-11-19)23(28)20-8-7-9-21(18-20)31(29,30)26-14-5-6-15-26/h7-9,18-19H,1-6,10-17H2. The molecule has 0 saturated carbocycles. The van der Waals surface area contributed by atoms with Crippen molar-refractivity contribution in [1.82, 2.24) is 14.1 Å². The van der Waals surface area contributed by atoms with Crippen molar-refractivity contribution in [2.24, 2.45) is 5.92 Å². The van der Waals surface area contributed by atoms with E-state index in [2.05, 4.69) is 0 Å². The summed E-state index contributed by atoms with van der Waals surface area (Å²) in [4.78, 5) is 29.9. The van der Waals surface area contributed by atoms with Crippen LogP contribution < -0.4 is 0 Å². The third-order valence-electron chi connectivity index (χ3n) is 6.83. The SMILES string of the molecule is O=C(c1cccc(S(=O)(=O)N2CCCC2)c1)N1CCC(C(=O)N2CCCCCC2)CC1. The van der Waals surface area contributed by atoms with E-state index >= 15 is 0 Å². The molecule has 3 aliphatic heterocycles. The molecule has 4 rings (SSSR count). The van der Waals surface area contributed by atoms with Gasteiger partial charge in [-0.2, -0.15) is 4.31 Å². The highest BCUT2D eigenvalue weighted by Crippen LogP contribution is 2.25. The van der Waals surface area contributed by atoms with Gasteiger partial charge in [0.05, 0.1) is 4.90 Å². The zero-order valence-corrected chi connectivity index (χ0v) is 19.0. The summed E-state index contributed by atoms with van der Waals surface area (Å²) >= 11 is 0. The van der Waals surface area contributed by atoms with Crippen LogP contribution in [0, 0.1) is 5.92 Å². The molecule has 0 atom stereocenters. The summed E-state index contributed by atoms with van der Waals surface area (Å²) < 4.78 is 27.2. The first-order chi connectivity index (χ1) is 15.0. The van der Waals surface area contributed by atoms with E-state index in [0.29, 0.717) is 44.6 Å². The molecule has 0 radical (unpaired) electrons. The number of carbonyl (C=O) groups is 2. The minimum absolute atomic E-state index is 0.0102.